The average molecular weight is 160 g/mol. The van der Waals surface area contributed by atoms with Crippen molar-refractivity contribution in [2.24, 2.45) is 0 Å². The van der Waals surface area contributed by atoms with E-state index in [1.165, 1.54) is 29.3 Å². The quantitative estimate of drug-likeness (QED) is 0.596. The van der Waals surface area contributed by atoms with E-state index < -0.39 is 0 Å². The molecule has 0 N–H and O–H groups in total. The first kappa shape index (κ1) is 8.85. The van der Waals surface area contributed by atoms with Crippen molar-refractivity contribution in [3.8, 4) is 0 Å². The van der Waals surface area contributed by atoms with Gasteiger partial charge in [0.05, 0.1) is 0 Å². The van der Waals surface area contributed by atoms with Crippen LogP contribution >= 0.6 is 0 Å². The normalized spacial score (nSPS) is 10.1. The zero-order valence-electron chi connectivity index (χ0n) is 7.01. The van der Waals surface area contributed by atoms with E-state index >= 15 is 0 Å². The summed E-state index contributed by atoms with van der Waals surface area (Å²) in [7, 11) is 0. The van der Waals surface area contributed by atoms with Crippen molar-refractivity contribution in [3.63, 3.8) is 0 Å². The first-order valence-electron chi connectivity index (χ1n) is 4.08. The fraction of sp³-hybridized carbons (Fsp3) is 0.400. The van der Waals surface area contributed by atoms with Crippen molar-refractivity contribution in [2.45, 2.75) is 25.0 Å². The molecule has 0 aliphatic carbocycles. The number of hydrogen-bond donors (Lipinski definition) is 0. The molecule has 0 radical (unpaired) electrons. The summed E-state index contributed by atoms with van der Waals surface area (Å²) >= 11 is 2.76. The summed E-state index contributed by atoms with van der Waals surface area (Å²) in [6, 6.07) is 8.79. The minimum absolute atomic E-state index is 1.20. The van der Waals surface area contributed by atoms with Gasteiger partial charge in [-0.3, -0.25) is 0 Å². The fourth-order valence-electron chi connectivity index (χ4n) is 1.06. The molecule has 0 aliphatic rings. The first-order chi connectivity index (χ1) is 5.33. The van der Waals surface area contributed by atoms with Crippen LogP contribution in [0.2, 0.25) is 5.28 Å². The van der Waals surface area contributed by atoms with Crippen molar-refractivity contribution in [1.82, 2.24) is 0 Å². The van der Waals surface area contributed by atoms with E-state index in [9.17, 15) is 0 Å². The Morgan fingerprint density at radius 2 is 1.82 bits per heavy atom. The SMILES string of the molecule is Cc1ccc(CC[CH2][Al+2])cc1. The molecule has 1 heteroatoms. The third-order valence-corrected chi connectivity index (χ3v) is 2.20. The summed E-state index contributed by atoms with van der Waals surface area (Å²) in [6.45, 7) is 2.12. The summed E-state index contributed by atoms with van der Waals surface area (Å²) in [5.74, 6) is 0. The number of aryl methyl sites for hydroxylation is 2. The van der Waals surface area contributed by atoms with E-state index in [2.05, 4.69) is 47.5 Å². The average Bonchev–Trinajstić information content (AvgIpc) is 2.04. The molecule has 54 valence electrons. The van der Waals surface area contributed by atoms with Gasteiger partial charge in [-0.1, -0.05) is 0 Å². The number of benzene rings is 1. The molecule has 0 nitrogen and oxygen atoms in total. The number of hydrogen-bond acceptors (Lipinski definition) is 0. The van der Waals surface area contributed by atoms with Crippen molar-refractivity contribution in [1.29, 1.82) is 0 Å². The molecule has 0 fully saturated rings. The van der Waals surface area contributed by atoms with Crippen LogP contribution in [-0.4, -0.2) is 16.3 Å². The van der Waals surface area contributed by atoms with Gasteiger partial charge in [-0.15, -0.1) is 0 Å². The van der Waals surface area contributed by atoms with Gasteiger partial charge in [0.15, 0.2) is 0 Å². The Morgan fingerprint density at radius 3 is 2.36 bits per heavy atom. The summed E-state index contributed by atoms with van der Waals surface area (Å²) < 4.78 is 0. The van der Waals surface area contributed by atoms with Crippen LogP contribution < -0.4 is 0 Å². The van der Waals surface area contributed by atoms with Crippen LogP contribution in [0.3, 0.4) is 0 Å². The van der Waals surface area contributed by atoms with Crippen LogP contribution in [0.25, 0.3) is 0 Å². The van der Waals surface area contributed by atoms with E-state index in [4.69, 9.17) is 0 Å². The topological polar surface area (TPSA) is 0 Å². The number of rotatable bonds is 3. The molecule has 0 atom stereocenters. The van der Waals surface area contributed by atoms with Crippen molar-refractivity contribution < 1.29 is 0 Å². The van der Waals surface area contributed by atoms with Gasteiger partial charge in [0.2, 0.25) is 0 Å². The van der Waals surface area contributed by atoms with E-state index in [0.717, 1.165) is 0 Å². The van der Waals surface area contributed by atoms with Crippen LogP contribution in [0.5, 0.6) is 0 Å². The molecule has 0 saturated heterocycles. The van der Waals surface area contributed by atoms with Gasteiger partial charge >= 0.3 is 76.7 Å². The molecule has 0 unspecified atom stereocenters. The molecule has 11 heavy (non-hydrogen) atoms. The van der Waals surface area contributed by atoms with Gasteiger partial charge in [0.25, 0.3) is 0 Å². The van der Waals surface area contributed by atoms with E-state index in [1.54, 1.807) is 0 Å². The Bertz CT molecular complexity index is 201. The molecule has 0 amide bonds. The Labute approximate surface area is 77.1 Å². The zero-order chi connectivity index (χ0) is 8.10. The summed E-state index contributed by atoms with van der Waals surface area (Å²) in [5.41, 5.74) is 2.80. The molecular formula is C10H13Al+2. The summed E-state index contributed by atoms with van der Waals surface area (Å²) in [6.07, 6.45) is 2.48. The second-order valence-corrected chi connectivity index (χ2v) is 3.46. The standard InChI is InChI=1S/C10H13.Al/c1-3-4-10-7-5-9(2)6-8-10;/h5-8H,1,3-4H2,2H3;/q;+2. The van der Waals surface area contributed by atoms with Gasteiger partial charge in [-0.2, -0.15) is 0 Å². The maximum atomic E-state index is 2.76. The molecule has 0 bridgehead atoms. The van der Waals surface area contributed by atoms with Crippen LogP contribution in [0.15, 0.2) is 24.3 Å². The Balaban J connectivity index is 2.52. The van der Waals surface area contributed by atoms with Crippen molar-refractivity contribution in [2.75, 3.05) is 0 Å². The molecule has 0 spiro atoms. The predicted molar refractivity (Wildman–Crippen MR) is 50.1 cm³/mol. The maximum absolute atomic E-state index is 2.76. The zero-order valence-corrected chi connectivity index (χ0v) is 8.16. The van der Waals surface area contributed by atoms with Crippen LogP contribution in [0.1, 0.15) is 17.5 Å². The van der Waals surface area contributed by atoms with E-state index in [-0.39, 0.29) is 0 Å². The van der Waals surface area contributed by atoms with Crippen molar-refractivity contribution in [3.05, 3.63) is 35.4 Å². The van der Waals surface area contributed by atoms with Crippen LogP contribution in [0.4, 0.5) is 0 Å². The van der Waals surface area contributed by atoms with Gasteiger partial charge in [-0.05, 0) is 0 Å². The predicted octanol–water partition coefficient (Wildman–Crippen LogP) is 2.51. The molecule has 0 aromatic heterocycles. The summed E-state index contributed by atoms with van der Waals surface area (Å²) in [4.78, 5) is 0. The van der Waals surface area contributed by atoms with Gasteiger partial charge in [-0.25, -0.2) is 0 Å². The minimum atomic E-state index is 1.20. The van der Waals surface area contributed by atoms with Crippen molar-refractivity contribution >= 4 is 16.3 Å². The second kappa shape index (κ2) is 4.59. The van der Waals surface area contributed by atoms with Crippen LogP contribution in [-0.2, 0) is 6.42 Å². The third-order valence-electron chi connectivity index (χ3n) is 1.79. The molecule has 1 aromatic carbocycles. The third kappa shape index (κ3) is 3.10. The molecule has 1 rings (SSSR count). The fourth-order valence-corrected chi connectivity index (χ4v) is 1.27. The first-order valence-corrected chi connectivity index (χ1v) is 4.90. The molecule has 1 aromatic rings. The van der Waals surface area contributed by atoms with E-state index in [0.29, 0.717) is 0 Å². The molecule has 0 heterocycles. The Hall–Kier alpha value is -0.248. The monoisotopic (exact) mass is 160 g/mol. The molecular weight excluding hydrogens is 147 g/mol. The second-order valence-electron chi connectivity index (χ2n) is 2.88. The molecule has 0 saturated carbocycles. The van der Waals surface area contributed by atoms with Gasteiger partial charge < -0.3 is 0 Å². The van der Waals surface area contributed by atoms with Gasteiger partial charge in [0.1, 0.15) is 0 Å². The van der Waals surface area contributed by atoms with Crippen LogP contribution in [0, 0.1) is 6.92 Å². The molecule has 0 aliphatic heterocycles. The van der Waals surface area contributed by atoms with E-state index in [1.807, 2.05) is 0 Å². The van der Waals surface area contributed by atoms with Gasteiger partial charge in [0, 0.05) is 0 Å². The Morgan fingerprint density at radius 1 is 1.18 bits per heavy atom. The Kier molecular flexibility index (Phi) is 3.69. The summed E-state index contributed by atoms with van der Waals surface area (Å²) in [5, 5.41) is 1.20.